The second kappa shape index (κ2) is 7.98. The summed E-state index contributed by atoms with van der Waals surface area (Å²) in [6.07, 6.45) is 6.61. The molecule has 0 radical (unpaired) electrons. The van der Waals surface area contributed by atoms with Gasteiger partial charge in [0.1, 0.15) is 0 Å². The molecule has 0 aromatic heterocycles. The van der Waals surface area contributed by atoms with Crippen molar-refractivity contribution in [2.75, 3.05) is 19.0 Å². The average Bonchev–Trinajstić information content (AvgIpc) is 2.53. The smallest absolute Gasteiger partial charge is 0.162 e. The van der Waals surface area contributed by atoms with E-state index >= 15 is 0 Å². The zero-order chi connectivity index (χ0) is 15.9. The van der Waals surface area contributed by atoms with E-state index in [0.29, 0.717) is 6.42 Å². The maximum atomic E-state index is 12.3. The van der Waals surface area contributed by atoms with Crippen molar-refractivity contribution in [1.82, 2.24) is 0 Å². The topological polar surface area (TPSA) is 20.3 Å². The summed E-state index contributed by atoms with van der Waals surface area (Å²) in [7, 11) is 4.08. The Morgan fingerprint density at radius 3 is 2.32 bits per heavy atom. The van der Waals surface area contributed by atoms with E-state index in [2.05, 4.69) is 36.1 Å². The molecule has 22 heavy (non-hydrogen) atoms. The third kappa shape index (κ3) is 4.33. The minimum Gasteiger partial charge on any atom is -0.378 e. The lowest BCUT2D eigenvalue weighted by Crippen LogP contribution is -2.08. The van der Waals surface area contributed by atoms with Crippen LogP contribution in [0.5, 0.6) is 0 Å². The molecule has 0 aliphatic rings. The third-order valence-electron chi connectivity index (χ3n) is 4.17. The van der Waals surface area contributed by atoms with Crippen LogP contribution in [-0.4, -0.2) is 19.9 Å². The number of hydrogen-bond donors (Lipinski definition) is 0. The Morgan fingerprint density at radius 1 is 0.909 bits per heavy atom. The fraction of sp³-hybridized carbons (Fsp3) is 0.450. The van der Waals surface area contributed by atoms with Gasteiger partial charge in [-0.2, -0.15) is 0 Å². The minimum atomic E-state index is 0.273. The van der Waals surface area contributed by atoms with E-state index in [1.54, 1.807) is 0 Å². The van der Waals surface area contributed by atoms with Crippen LogP contribution in [0.15, 0.2) is 36.4 Å². The van der Waals surface area contributed by atoms with Crippen LogP contribution in [0.4, 0.5) is 5.69 Å². The summed E-state index contributed by atoms with van der Waals surface area (Å²) in [6, 6.07) is 12.4. The molecule has 0 heterocycles. The number of carbonyl (C=O) groups excluding carboxylic acids is 1. The number of carbonyl (C=O) groups is 1. The van der Waals surface area contributed by atoms with Gasteiger partial charge in [-0.3, -0.25) is 4.79 Å². The maximum Gasteiger partial charge on any atom is 0.162 e. The number of hydrogen-bond acceptors (Lipinski definition) is 2. The van der Waals surface area contributed by atoms with Crippen molar-refractivity contribution in [3.05, 3.63) is 42.0 Å². The number of anilines is 1. The van der Waals surface area contributed by atoms with Gasteiger partial charge in [0.2, 0.25) is 0 Å². The number of ketones is 1. The summed E-state index contributed by atoms with van der Waals surface area (Å²) in [5, 5.41) is 2.33. The molecule has 2 aromatic rings. The Balaban J connectivity index is 2.02. The summed E-state index contributed by atoms with van der Waals surface area (Å²) in [4.78, 5) is 14.4. The fourth-order valence-corrected chi connectivity index (χ4v) is 2.72. The van der Waals surface area contributed by atoms with Crippen LogP contribution in [0.3, 0.4) is 0 Å². The summed E-state index contributed by atoms with van der Waals surface area (Å²) in [6.45, 7) is 2.21. The van der Waals surface area contributed by atoms with Crippen LogP contribution >= 0.6 is 0 Å². The zero-order valence-corrected chi connectivity index (χ0v) is 14.1. The second-order valence-corrected chi connectivity index (χ2v) is 6.23. The van der Waals surface area contributed by atoms with E-state index in [1.165, 1.54) is 36.8 Å². The molecule has 2 heteroatoms. The molecule has 2 aromatic carbocycles. The summed E-state index contributed by atoms with van der Waals surface area (Å²) >= 11 is 0. The Morgan fingerprint density at radius 2 is 1.59 bits per heavy atom. The highest BCUT2D eigenvalue weighted by Crippen LogP contribution is 2.23. The van der Waals surface area contributed by atoms with Gasteiger partial charge in [-0.25, -0.2) is 0 Å². The van der Waals surface area contributed by atoms with Gasteiger partial charge in [0.25, 0.3) is 0 Å². The molecule has 0 spiro atoms. The maximum absolute atomic E-state index is 12.3. The monoisotopic (exact) mass is 297 g/mol. The van der Waals surface area contributed by atoms with Gasteiger partial charge >= 0.3 is 0 Å². The van der Waals surface area contributed by atoms with E-state index in [1.807, 2.05) is 26.2 Å². The number of rotatable bonds is 8. The van der Waals surface area contributed by atoms with E-state index in [-0.39, 0.29) is 5.78 Å². The van der Waals surface area contributed by atoms with Crippen LogP contribution in [0.1, 0.15) is 55.8 Å². The molecular weight excluding hydrogens is 270 g/mol. The van der Waals surface area contributed by atoms with E-state index in [0.717, 1.165) is 17.4 Å². The van der Waals surface area contributed by atoms with Gasteiger partial charge in [0, 0.05) is 31.8 Å². The Kier molecular flexibility index (Phi) is 6.00. The Labute approximate surface area is 134 Å². The predicted octanol–water partition coefficient (Wildman–Crippen LogP) is 5.45. The first kappa shape index (κ1) is 16.5. The van der Waals surface area contributed by atoms with Gasteiger partial charge in [0.15, 0.2) is 5.78 Å². The van der Waals surface area contributed by atoms with Crippen LogP contribution in [0.2, 0.25) is 0 Å². The SMILES string of the molecule is CCCCCCCC(=O)c1ccc2cc(N(C)C)ccc2c1. The van der Waals surface area contributed by atoms with Crippen LogP contribution in [0, 0.1) is 0 Å². The highest BCUT2D eigenvalue weighted by molar-refractivity contribution is 6.00. The van der Waals surface area contributed by atoms with Gasteiger partial charge in [-0.05, 0) is 35.4 Å². The molecule has 0 saturated heterocycles. The number of benzene rings is 2. The number of Topliss-reactive ketones (excluding diaryl/α,β-unsaturated/α-hetero) is 1. The first-order valence-corrected chi connectivity index (χ1v) is 8.36. The van der Waals surface area contributed by atoms with Gasteiger partial charge in [-0.15, -0.1) is 0 Å². The van der Waals surface area contributed by atoms with Crippen molar-refractivity contribution in [3.8, 4) is 0 Å². The first-order valence-electron chi connectivity index (χ1n) is 8.36. The van der Waals surface area contributed by atoms with E-state index in [9.17, 15) is 4.79 Å². The zero-order valence-electron chi connectivity index (χ0n) is 14.1. The van der Waals surface area contributed by atoms with Crippen molar-refractivity contribution in [1.29, 1.82) is 0 Å². The second-order valence-electron chi connectivity index (χ2n) is 6.23. The highest BCUT2D eigenvalue weighted by atomic mass is 16.1. The molecule has 2 rings (SSSR count). The number of fused-ring (bicyclic) bond motifs is 1. The normalized spacial score (nSPS) is 10.9. The molecule has 0 unspecified atom stereocenters. The van der Waals surface area contributed by atoms with Crippen molar-refractivity contribution in [2.45, 2.75) is 45.4 Å². The number of nitrogens with zero attached hydrogens (tertiary/aromatic N) is 1. The molecule has 0 aliphatic heterocycles. The first-order chi connectivity index (χ1) is 10.6. The average molecular weight is 297 g/mol. The third-order valence-corrected chi connectivity index (χ3v) is 4.17. The van der Waals surface area contributed by atoms with E-state index < -0.39 is 0 Å². The molecule has 2 nitrogen and oxygen atoms in total. The molecule has 0 atom stereocenters. The van der Waals surface area contributed by atoms with E-state index in [4.69, 9.17) is 0 Å². The molecule has 0 fully saturated rings. The minimum absolute atomic E-state index is 0.273. The predicted molar refractivity (Wildman–Crippen MR) is 96.0 cm³/mol. The fourth-order valence-electron chi connectivity index (χ4n) is 2.72. The van der Waals surface area contributed by atoms with Gasteiger partial charge in [0.05, 0.1) is 0 Å². The van der Waals surface area contributed by atoms with Gasteiger partial charge < -0.3 is 4.90 Å². The lowest BCUT2D eigenvalue weighted by Gasteiger charge is -2.13. The Hall–Kier alpha value is -1.83. The molecule has 0 amide bonds. The molecule has 0 saturated carbocycles. The quantitative estimate of drug-likeness (QED) is 0.477. The van der Waals surface area contributed by atoms with Crippen molar-refractivity contribution >= 4 is 22.2 Å². The molecule has 0 aliphatic carbocycles. The summed E-state index contributed by atoms with van der Waals surface area (Å²) in [5.74, 6) is 0.273. The van der Waals surface area contributed by atoms with Crippen molar-refractivity contribution < 1.29 is 4.79 Å². The Bertz CT molecular complexity index is 631. The largest absolute Gasteiger partial charge is 0.378 e. The summed E-state index contributed by atoms with van der Waals surface area (Å²) in [5.41, 5.74) is 2.03. The summed E-state index contributed by atoms with van der Waals surface area (Å²) < 4.78 is 0. The molecular formula is C20H27NO. The highest BCUT2D eigenvalue weighted by Gasteiger charge is 2.07. The van der Waals surface area contributed by atoms with Gasteiger partial charge in [-0.1, -0.05) is 50.8 Å². The lowest BCUT2D eigenvalue weighted by atomic mass is 10.00. The molecule has 118 valence electrons. The number of unbranched alkanes of at least 4 members (excludes halogenated alkanes) is 4. The van der Waals surface area contributed by atoms with Crippen molar-refractivity contribution in [3.63, 3.8) is 0 Å². The van der Waals surface area contributed by atoms with Crippen LogP contribution in [-0.2, 0) is 0 Å². The molecule has 0 N–H and O–H groups in total. The van der Waals surface area contributed by atoms with Crippen LogP contribution in [0.25, 0.3) is 10.8 Å². The standard InChI is InChI=1S/C20H27NO/c1-4-5-6-7-8-9-20(22)18-11-10-17-15-19(21(2)3)13-12-16(17)14-18/h10-15H,4-9H2,1-3H3. The molecule has 0 bridgehead atoms. The van der Waals surface area contributed by atoms with Crippen molar-refractivity contribution in [2.24, 2.45) is 0 Å². The van der Waals surface area contributed by atoms with Crippen LogP contribution < -0.4 is 4.90 Å². The lowest BCUT2D eigenvalue weighted by molar-refractivity contribution is 0.0979.